The summed E-state index contributed by atoms with van der Waals surface area (Å²) in [5, 5.41) is 18.5. The van der Waals surface area contributed by atoms with Crippen LogP contribution in [0.5, 0.6) is 0 Å². The fourth-order valence-electron chi connectivity index (χ4n) is 4.89. The van der Waals surface area contributed by atoms with Gasteiger partial charge in [-0.3, -0.25) is 0 Å². The number of nitrogens with one attached hydrogen (secondary N) is 1. The van der Waals surface area contributed by atoms with Gasteiger partial charge in [-0.2, -0.15) is 5.10 Å². The van der Waals surface area contributed by atoms with Crippen LogP contribution in [-0.2, 0) is 0 Å². The minimum Gasteiger partial charge on any atom is -0.391 e. The number of β-amino-alcohol motifs (C(OH)–C–C–N with tert-alkyl or cyclic N) is 1. The summed E-state index contributed by atoms with van der Waals surface area (Å²) in [6.07, 6.45) is 3.30. The molecule has 0 radical (unpaired) electrons. The number of amidine groups is 1. The van der Waals surface area contributed by atoms with Gasteiger partial charge in [0.1, 0.15) is 17.7 Å². The average Bonchev–Trinajstić information content (AvgIpc) is 3.53. The smallest absolute Gasteiger partial charge is 0.318 e. The number of aliphatic hydroxyl groups is 1. The number of carbonyl (C=O) groups excluding carboxylic acids is 1. The van der Waals surface area contributed by atoms with Crippen LogP contribution in [0.1, 0.15) is 42.9 Å². The van der Waals surface area contributed by atoms with Gasteiger partial charge in [-0.05, 0) is 43.0 Å². The Morgan fingerprint density at radius 1 is 1.24 bits per heavy atom. The van der Waals surface area contributed by atoms with Crippen LogP contribution in [0, 0.1) is 5.82 Å². The van der Waals surface area contributed by atoms with Crippen LogP contribution in [0.2, 0.25) is 0 Å². The van der Waals surface area contributed by atoms with E-state index in [1.807, 2.05) is 4.90 Å². The number of aliphatic hydroxyl groups excluding tert-OH is 1. The van der Waals surface area contributed by atoms with Crippen LogP contribution in [0.15, 0.2) is 40.6 Å². The third-order valence-corrected chi connectivity index (χ3v) is 6.52. The number of fused-ring (bicyclic) bond motifs is 1. The third kappa shape index (κ3) is 4.17. The number of halogens is 3. The lowest BCUT2D eigenvalue weighted by atomic mass is 9.98. The molecule has 0 bridgehead atoms. The Hall–Kier alpha value is -3.08. The number of benzene rings is 1. The monoisotopic (exact) mass is 462 g/mol. The first-order valence-electron chi connectivity index (χ1n) is 11.1. The van der Waals surface area contributed by atoms with Gasteiger partial charge >= 0.3 is 6.03 Å². The predicted octanol–water partition coefficient (Wildman–Crippen LogP) is 2.60. The van der Waals surface area contributed by atoms with Crippen molar-refractivity contribution in [2.45, 2.75) is 50.0 Å². The predicted molar refractivity (Wildman–Crippen MR) is 115 cm³/mol. The van der Waals surface area contributed by atoms with Crippen molar-refractivity contribution < 1.29 is 23.1 Å². The van der Waals surface area contributed by atoms with Gasteiger partial charge in [0.2, 0.25) is 0 Å². The Morgan fingerprint density at radius 2 is 2.09 bits per heavy atom. The van der Waals surface area contributed by atoms with E-state index in [9.17, 15) is 23.1 Å². The lowest BCUT2D eigenvalue weighted by molar-refractivity contribution is 0.148. The molecule has 2 fully saturated rings. The van der Waals surface area contributed by atoms with E-state index < -0.39 is 36.6 Å². The van der Waals surface area contributed by atoms with Crippen LogP contribution >= 0.6 is 0 Å². The van der Waals surface area contributed by atoms with Crippen LogP contribution in [0.4, 0.5) is 18.0 Å². The lowest BCUT2D eigenvalue weighted by Gasteiger charge is -2.33. The van der Waals surface area contributed by atoms with Gasteiger partial charge in [0, 0.05) is 31.4 Å². The maximum atomic E-state index is 13.9. The maximum absolute atomic E-state index is 13.9. The van der Waals surface area contributed by atoms with Gasteiger partial charge in [0.05, 0.1) is 18.4 Å². The number of nitrogens with zero attached hydrogens (tertiary/aromatic N) is 5. The zero-order valence-corrected chi connectivity index (χ0v) is 17.8. The molecule has 2 amide bonds. The Kier molecular flexibility index (Phi) is 5.73. The summed E-state index contributed by atoms with van der Waals surface area (Å²) >= 11 is 0. The molecule has 2 N–H and O–H groups in total. The number of urea groups is 1. The van der Waals surface area contributed by atoms with Crippen molar-refractivity contribution >= 4 is 18.1 Å². The molecule has 33 heavy (non-hydrogen) atoms. The maximum Gasteiger partial charge on any atom is 0.318 e. The Morgan fingerprint density at radius 3 is 2.85 bits per heavy atom. The quantitative estimate of drug-likeness (QED) is 0.724. The molecule has 8 nitrogen and oxygen atoms in total. The molecule has 4 aliphatic rings. The minimum absolute atomic E-state index is 0.169. The zero-order valence-electron chi connectivity index (χ0n) is 17.8. The molecule has 0 spiro atoms. The first kappa shape index (κ1) is 21.7. The van der Waals surface area contributed by atoms with Gasteiger partial charge in [0.15, 0.2) is 6.17 Å². The summed E-state index contributed by atoms with van der Waals surface area (Å²) in [5.41, 5.74) is 0.110. The summed E-state index contributed by atoms with van der Waals surface area (Å²) in [4.78, 5) is 20.8. The molecule has 4 aliphatic heterocycles. The SMILES string of the molecule is O=C(NC1C=NN2C=CC(N3CCC[C@@H]3c3cc(F)ccc3C(F)F)=NC12)N1CC[C@H](O)C1. The van der Waals surface area contributed by atoms with Crippen molar-refractivity contribution in [3.05, 3.63) is 47.4 Å². The number of hydrogen-bond donors (Lipinski definition) is 2. The van der Waals surface area contributed by atoms with E-state index in [1.54, 1.807) is 28.4 Å². The zero-order chi connectivity index (χ0) is 23.1. The van der Waals surface area contributed by atoms with Crippen molar-refractivity contribution in [2.75, 3.05) is 19.6 Å². The first-order valence-corrected chi connectivity index (χ1v) is 11.1. The average molecular weight is 462 g/mol. The summed E-state index contributed by atoms with van der Waals surface area (Å²) in [6, 6.07) is 2.20. The molecule has 1 aromatic carbocycles. The molecular formula is C22H25F3N6O2. The van der Waals surface area contributed by atoms with Gasteiger partial charge in [-0.15, -0.1) is 0 Å². The van der Waals surface area contributed by atoms with Crippen molar-refractivity contribution in [1.29, 1.82) is 0 Å². The molecular weight excluding hydrogens is 437 g/mol. The molecule has 0 saturated carbocycles. The summed E-state index contributed by atoms with van der Waals surface area (Å²) in [6.45, 7) is 1.37. The van der Waals surface area contributed by atoms with Crippen LogP contribution in [0.3, 0.4) is 0 Å². The molecule has 4 atom stereocenters. The molecule has 4 heterocycles. The number of amides is 2. The molecule has 0 aliphatic carbocycles. The molecule has 2 saturated heterocycles. The number of carbonyl (C=O) groups is 1. The second-order valence-corrected chi connectivity index (χ2v) is 8.65. The normalized spacial score (nSPS) is 28.6. The Labute approximate surface area is 189 Å². The Bertz CT molecular complexity index is 1020. The number of alkyl halides is 2. The molecule has 1 aromatic rings. The highest BCUT2D eigenvalue weighted by Gasteiger charge is 2.38. The minimum atomic E-state index is -2.70. The standard InChI is InChI=1S/C22H25F3N6O2/c23-13-3-4-15(20(24)25)16(10-13)18-2-1-7-30(18)19-6-9-31-21(28-19)17(11-26-31)27-22(33)29-8-5-14(32)12-29/h3-4,6,9-11,14,17-18,20-21,32H,1-2,5,7-8,12H2,(H,27,33)/t14-,17?,18+,21?/m0/s1. The third-order valence-electron chi connectivity index (χ3n) is 6.52. The number of likely N-dealkylation sites (tertiary alicyclic amines) is 2. The van der Waals surface area contributed by atoms with Crippen molar-refractivity contribution in [1.82, 2.24) is 20.1 Å². The van der Waals surface area contributed by atoms with E-state index in [2.05, 4.69) is 10.4 Å². The van der Waals surface area contributed by atoms with E-state index in [0.29, 0.717) is 31.8 Å². The first-order chi connectivity index (χ1) is 15.9. The lowest BCUT2D eigenvalue weighted by Crippen LogP contribution is -2.51. The van der Waals surface area contributed by atoms with Crippen molar-refractivity contribution in [2.24, 2.45) is 10.1 Å². The molecule has 2 unspecified atom stereocenters. The van der Waals surface area contributed by atoms with Gasteiger partial charge in [-0.1, -0.05) is 6.07 Å². The fraction of sp³-hybridized carbons (Fsp3) is 0.500. The van der Waals surface area contributed by atoms with Crippen LogP contribution in [-0.4, -0.2) is 75.9 Å². The van der Waals surface area contributed by atoms with E-state index in [-0.39, 0.29) is 23.7 Å². The van der Waals surface area contributed by atoms with E-state index in [4.69, 9.17) is 4.99 Å². The summed E-state index contributed by atoms with van der Waals surface area (Å²) < 4.78 is 41.2. The van der Waals surface area contributed by atoms with Gasteiger partial charge in [-0.25, -0.2) is 28.0 Å². The number of hydrogen-bond acceptors (Lipinski definition) is 6. The molecule has 11 heteroatoms. The van der Waals surface area contributed by atoms with Gasteiger partial charge in [0.25, 0.3) is 6.43 Å². The highest BCUT2D eigenvalue weighted by atomic mass is 19.3. The van der Waals surface area contributed by atoms with E-state index in [0.717, 1.165) is 18.6 Å². The fourth-order valence-corrected chi connectivity index (χ4v) is 4.89. The summed E-state index contributed by atoms with van der Waals surface area (Å²) in [5.74, 6) is 0.0390. The highest BCUT2D eigenvalue weighted by molar-refractivity contribution is 5.95. The topological polar surface area (TPSA) is 83.8 Å². The largest absolute Gasteiger partial charge is 0.391 e. The van der Waals surface area contributed by atoms with Crippen LogP contribution in [0.25, 0.3) is 0 Å². The Balaban J connectivity index is 1.36. The molecule has 176 valence electrons. The van der Waals surface area contributed by atoms with Gasteiger partial charge < -0.3 is 20.2 Å². The number of hydrazone groups is 1. The second kappa shape index (κ2) is 8.69. The molecule has 0 aromatic heterocycles. The number of rotatable bonds is 3. The highest BCUT2D eigenvalue weighted by Crippen LogP contribution is 2.38. The molecule has 5 rings (SSSR count). The van der Waals surface area contributed by atoms with Crippen LogP contribution < -0.4 is 5.32 Å². The summed E-state index contributed by atoms with van der Waals surface area (Å²) in [7, 11) is 0. The number of aliphatic imine (C=N–C) groups is 1. The van der Waals surface area contributed by atoms with E-state index in [1.165, 1.54) is 6.07 Å². The van der Waals surface area contributed by atoms with Crippen molar-refractivity contribution in [3.8, 4) is 0 Å². The second-order valence-electron chi connectivity index (χ2n) is 8.65. The van der Waals surface area contributed by atoms with Crippen molar-refractivity contribution in [3.63, 3.8) is 0 Å². The van der Waals surface area contributed by atoms with E-state index >= 15 is 0 Å².